The molecule has 0 aromatic rings. The Morgan fingerprint density at radius 2 is 2.46 bits per heavy atom. The van der Waals surface area contributed by atoms with E-state index in [4.69, 9.17) is 9.84 Å². The topological polar surface area (TPSA) is 41.5 Å². The molecule has 3 heteroatoms. The Kier molecular flexibility index (Phi) is 4.40. The summed E-state index contributed by atoms with van der Waals surface area (Å²) in [5, 5.41) is 11.9. The molecule has 0 saturated carbocycles. The highest BCUT2D eigenvalue weighted by atomic mass is 16.5. The van der Waals surface area contributed by atoms with Crippen LogP contribution in [0, 0.1) is 0 Å². The van der Waals surface area contributed by atoms with E-state index >= 15 is 0 Å². The minimum atomic E-state index is 0.243. The van der Waals surface area contributed by atoms with E-state index in [-0.39, 0.29) is 6.61 Å². The standard InChI is InChI=1S/C10H17NO2/c1-13-10-5-2-4-9(8-10)11-6-3-7-12/h5,8,11-12H,2-4,6-7H2,1H3. The first-order chi connectivity index (χ1) is 6.36. The number of rotatable bonds is 5. The molecule has 2 N–H and O–H groups in total. The zero-order valence-corrected chi connectivity index (χ0v) is 8.05. The van der Waals surface area contributed by atoms with Gasteiger partial charge in [-0.2, -0.15) is 0 Å². The first kappa shape index (κ1) is 10.1. The van der Waals surface area contributed by atoms with Crippen LogP contribution >= 0.6 is 0 Å². The van der Waals surface area contributed by atoms with E-state index in [0.29, 0.717) is 0 Å². The normalized spacial score (nSPS) is 16.2. The van der Waals surface area contributed by atoms with Crippen LogP contribution in [0.25, 0.3) is 0 Å². The number of methoxy groups -OCH3 is 1. The van der Waals surface area contributed by atoms with Crippen LogP contribution in [0.15, 0.2) is 23.6 Å². The van der Waals surface area contributed by atoms with Gasteiger partial charge in [0, 0.05) is 18.8 Å². The van der Waals surface area contributed by atoms with Crippen LogP contribution in [0.4, 0.5) is 0 Å². The molecule has 0 amide bonds. The van der Waals surface area contributed by atoms with Gasteiger partial charge in [-0.25, -0.2) is 0 Å². The van der Waals surface area contributed by atoms with Gasteiger partial charge in [0.2, 0.25) is 0 Å². The quantitative estimate of drug-likeness (QED) is 0.629. The van der Waals surface area contributed by atoms with E-state index in [2.05, 4.69) is 11.4 Å². The summed E-state index contributed by atoms with van der Waals surface area (Å²) in [5.41, 5.74) is 1.20. The molecule has 0 aromatic heterocycles. The summed E-state index contributed by atoms with van der Waals surface area (Å²) in [5.74, 6) is 0.928. The average Bonchev–Trinajstić information content (AvgIpc) is 2.19. The van der Waals surface area contributed by atoms with Crippen molar-refractivity contribution in [1.82, 2.24) is 5.32 Å². The maximum Gasteiger partial charge on any atom is 0.116 e. The van der Waals surface area contributed by atoms with Gasteiger partial charge in [0.15, 0.2) is 0 Å². The monoisotopic (exact) mass is 183 g/mol. The Labute approximate surface area is 79.1 Å². The van der Waals surface area contributed by atoms with Crippen LogP contribution in [0.2, 0.25) is 0 Å². The molecule has 0 heterocycles. The minimum Gasteiger partial charge on any atom is -0.497 e. The maximum absolute atomic E-state index is 8.60. The van der Waals surface area contributed by atoms with Crippen molar-refractivity contribution in [3.8, 4) is 0 Å². The van der Waals surface area contributed by atoms with Crippen LogP contribution < -0.4 is 5.32 Å². The van der Waals surface area contributed by atoms with Crippen molar-refractivity contribution in [3.63, 3.8) is 0 Å². The molecule has 1 aliphatic carbocycles. The molecular formula is C10H17NO2. The molecule has 74 valence electrons. The molecule has 13 heavy (non-hydrogen) atoms. The molecule has 0 unspecified atom stereocenters. The highest BCUT2D eigenvalue weighted by molar-refractivity contribution is 5.22. The Hall–Kier alpha value is -0.960. The van der Waals surface area contributed by atoms with Gasteiger partial charge < -0.3 is 15.2 Å². The van der Waals surface area contributed by atoms with E-state index < -0.39 is 0 Å². The largest absolute Gasteiger partial charge is 0.497 e. The van der Waals surface area contributed by atoms with Gasteiger partial charge in [-0.05, 0) is 31.4 Å². The van der Waals surface area contributed by atoms with Gasteiger partial charge in [-0.15, -0.1) is 0 Å². The molecule has 1 aliphatic rings. The zero-order valence-electron chi connectivity index (χ0n) is 8.05. The van der Waals surface area contributed by atoms with Crippen molar-refractivity contribution in [2.75, 3.05) is 20.3 Å². The van der Waals surface area contributed by atoms with E-state index in [1.165, 1.54) is 5.70 Å². The molecule has 3 nitrogen and oxygen atoms in total. The Bertz CT molecular complexity index is 209. The minimum absolute atomic E-state index is 0.243. The Morgan fingerprint density at radius 1 is 1.62 bits per heavy atom. The summed E-state index contributed by atoms with van der Waals surface area (Å²) >= 11 is 0. The predicted molar refractivity (Wildman–Crippen MR) is 52.1 cm³/mol. The smallest absolute Gasteiger partial charge is 0.116 e. The maximum atomic E-state index is 8.60. The number of hydrogen-bond acceptors (Lipinski definition) is 3. The lowest BCUT2D eigenvalue weighted by molar-refractivity contribution is 0.287. The van der Waals surface area contributed by atoms with Crippen LogP contribution in [0.3, 0.4) is 0 Å². The van der Waals surface area contributed by atoms with Gasteiger partial charge in [0.25, 0.3) is 0 Å². The summed E-state index contributed by atoms with van der Waals surface area (Å²) in [7, 11) is 1.68. The fourth-order valence-electron chi connectivity index (χ4n) is 1.28. The molecule has 0 spiro atoms. The molecule has 0 atom stereocenters. The number of ether oxygens (including phenoxy) is 1. The Morgan fingerprint density at radius 3 is 3.15 bits per heavy atom. The van der Waals surface area contributed by atoms with Crippen LogP contribution in [-0.2, 0) is 4.74 Å². The van der Waals surface area contributed by atoms with Crippen molar-refractivity contribution in [2.45, 2.75) is 19.3 Å². The van der Waals surface area contributed by atoms with Crippen molar-refractivity contribution < 1.29 is 9.84 Å². The van der Waals surface area contributed by atoms with Crippen LogP contribution in [0.1, 0.15) is 19.3 Å². The Balaban J connectivity index is 2.33. The highest BCUT2D eigenvalue weighted by Crippen LogP contribution is 2.15. The number of aliphatic hydroxyl groups excluding tert-OH is 1. The van der Waals surface area contributed by atoms with E-state index in [9.17, 15) is 0 Å². The number of aliphatic hydroxyl groups is 1. The average molecular weight is 183 g/mol. The second kappa shape index (κ2) is 5.65. The predicted octanol–water partition coefficient (Wildman–Crippen LogP) is 1.17. The lowest BCUT2D eigenvalue weighted by atomic mass is 10.1. The molecule has 0 aromatic carbocycles. The summed E-state index contributed by atoms with van der Waals surface area (Å²) in [6.45, 7) is 1.08. The van der Waals surface area contributed by atoms with E-state index in [0.717, 1.165) is 31.6 Å². The molecule has 0 aliphatic heterocycles. The van der Waals surface area contributed by atoms with Gasteiger partial charge in [0.05, 0.1) is 7.11 Å². The second-order valence-corrected chi connectivity index (χ2v) is 3.02. The van der Waals surface area contributed by atoms with Gasteiger partial charge >= 0.3 is 0 Å². The number of hydrogen-bond donors (Lipinski definition) is 2. The third-order valence-electron chi connectivity index (χ3n) is 2.00. The summed E-state index contributed by atoms with van der Waals surface area (Å²) in [6, 6.07) is 0. The lowest BCUT2D eigenvalue weighted by Crippen LogP contribution is -2.17. The molecule has 1 rings (SSSR count). The fraction of sp³-hybridized carbons (Fsp3) is 0.600. The first-order valence-corrected chi connectivity index (χ1v) is 4.66. The zero-order chi connectivity index (χ0) is 9.52. The fourth-order valence-corrected chi connectivity index (χ4v) is 1.28. The molecule has 0 radical (unpaired) electrons. The SMILES string of the molecule is COC1=CCCC(NCCCO)=C1. The van der Waals surface area contributed by atoms with E-state index in [1.54, 1.807) is 7.11 Å². The van der Waals surface area contributed by atoms with Crippen LogP contribution in [0.5, 0.6) is 0 Å². The third-order valence-corrected chi connectivity index (χ3v) is 2.00. The number of nitrogens with one attached hydrogen (secondary N) is 1. The lowest BCUT2D eigenvalue weighted by Gasteiger charge is -2.14. The van der Waals surface area contributed by atoms with Crippen molar-refractivity contribution in [1.29, 1.82) is 0 Å². The van der Waals surface area contributed by atoms with Crippen LogP contribution in [-0.4, -0.2) is 25.4 Å². The molecular weight excluding hydrogens is 166 g/mol. The van der Waals surface area contributed by atoms with Crippen molar-refractivity contribution in [2.24, 2.45) is 0 Å². The van der Waals surface area contributed by atoms with E-state index in [1.807, 2.05) is 6.08 Å². The third kappa shape index (κ3) is 3.51. The van der Waals surface area contributed by atoms with Crippen molar-refractivity contribution in [3.05, 3.63) is 23.6 Å². The van der Waals surface area contributed by atoms with Crippen molar-refractivity contribution >= 4 is 0 Å². The highest BCUT2D eigenvalue weighted by Gasteiger charge is 2.03. The number of allylic oxidation sites excluding steroid dienone is 3. The van der Waals surface area contributed by atoms with Gasteiger partial charge in [-0.3, -0.25) is 0 Å². The molecule has 0 saturated heterocycles. The van der Waals surface area contributed by atoms with Gasteiger partial charge in [-0.1, -0.05) is 0 Å². The second-order valence-electron chi connectivity index (χ2n) is 3.02. The molecule has 0 bridgehead atoms. The van der Waals surface area contributed by atoms with Gasteiger partial charge in [0.1, 0.15) is 5.76 Å². The first-order valence-electron chi connectivity index (χ1n) is 4.66. The summed E-state index contributed by atoms with van der Waals surface area (Å²) in [4.78, 5) is 0. The molecule has 0 fully saturated rings. The summed E-state index contributed by atoms with van der Waals surface area (Å²) < 4.78 is 5.12. The summed E-state index contributed by atoms with van der Waals surface area (Å²) in [6.07, 6.45) is 6.96.